The molecule has 0 unspecified atom stereocenters. The molecule has 1 aromatic heterocycles. The topological polar surface area (TPSA) is 67.2 Å². The fourth-order valence-electron chi connectivity index (χ4n) is 4.16. The third-order valence-electron chi connectivity index (χ3n) is 5.61. The maximum atomic E-state index is 13.5. The van der Waals surface area contributed by atoms with Crippen LogP contribution < -0.4 is 10.2 Å². The van der Waals surface area contributed by atoms with E-state index in [2.05, 4.69) is 11.4 Å². The number of benzene rings is 3. The van der Waals surface area contributed by atoms with Gasteiger partial charge in [0.1, 0.15) is 6.04 Å². The number of fused-ring (bicyclic) bond motifs is 3. The van der Waals surface area contributed by atoms with Crippen LogP contribution in [0.25, 0.3) is 11.0 Å². The zero-order chi connectivity index (χ0) is 22.2. The normalized spacial score (nSPS) is 15.2. The molecule has 1 aliphatic heterocycles. The Bertz CT molecular complexity index is 1330. The maximum absolute atomic E-state index is 13.5. The Hall–Kier alpha value is -3.64. The second-order valence-electron chi connectivity index (χ2n) is 7.96. The van der Waals surface area contributed by atoms with Gasteiger partial charge in [0.25, 0.3) is 5.91 Å². The molecule has 0 aliphatic carbocycles. The van der Waals surface area contributed by atoms with Crippen molar-refractivity contribution in [2.24, 2.45) is 0 Å². The molecule has 0 fully saturated rings. The van der Waals surface area contributed by atoms with Crippen LogP contribution in [0.15, 0.2) is 72.8 Å². The summed E-state index contributed by atoms with van der Waals surface area (Å²) >= 11 is 5.92. The minimum Gasteiger partial charge on any atom is -0.326 e. The van der Waals surface area contributed by atoms with Gasteiger partial charge in [0.05, 0.1) is 24.0 Å². The van der Waals surface area contributed by atoms with E-state index in [0.29, 0.717) is 23.2 Å². The molecule has 0 saturated carbocycles. The smallest absolute Gasteiger partial charge is 0.253 e. The SMILES string of the molecule is Cc1cccc(CN2C(=O)[C@H](CC(=O)Nc3ccc(Cl)cc3)n3c2nc2ccccc23)c1. The number of nitrogens with zero attached hydrogens (tertiary/aromatic N) is 3. The Labute approximate surface area is 190 Å². The number of rotatable bonds is 5. The molecule has 7 heteroatoms. The molecule has 4 aromatic rings. The summed E-state index contributed by atoms with van der Waals surface area (Å²) in [5.74, 6) is 0.194. The molecule has 0 bridgehead atoms. The molecule has 32 heavy (non-hydrogen) atoms. The van der Waals surface area contributed by atoms with Crippen molar-refractivity contribution in [1.29, 1.82) is 0 Å². The van der Waals surface area contributed by atoms with Crippen molar-refractivity contribution in [3.05, 3.63) is 88.9 Å². The van der Waals surface area contributed by atoms with Gasteiger partial charge in [-0.1, -0.05) is 53.6 Å². The summed E-state index contributed by atoms with van der Waals surface area (Å²) in [5, 5.41) is 3.45. The third-order valence-corrected chi connectivity index (χ3v) is 5.86. The minimum atomic E-state index is -0.658. The van der Waals surface area contributed by atoms with Gasteiger partial charge in [-0.3, -0.25) is 19.1 Å². The molecule has 3 aromatic carbocycles. The van der Waals surface area contributed by atoms with Crippen molar-refractivity contribution in [2.45, 2.75) is 25.9 Å². The predicted molar refractivity (Wildman–Crippen MR) is 126 cm³/mol. The van der Waals surface area contributed by atoms with E-state index in [1.165, 1.54) is 0 Å². The van der Waals surface area contributed by atoms with Crippen molar-refractivity contribution in [1.82, 2.24) is 9.55 Å². The van der Waals surface area contributed by atoms with E-state index >= 15 is 0 Å². The van der Waals surface area contributed by atoms with Crippen LogP contribution in [0.2, 0.25) is 5.02 Å². The number of carbonyl (C=O) groups is 2. The number of aryl methyl sites for hydroxylation is 1. The maximum Gasteiger partial charge on any atom is 0.253 e. The molecule has 0 spiro atoms. The molecular weight excluding hydrogens is 424 g/mol. The summed E-state index contributed by atoms with van der Waals surface area (Å²) in [5.41, 5.74) is 4.42. The van der Waals surface area contributed by atoms with Crippen LogP contribution in [0.3, 0.4) is 0 Å². The quantitative estimate of drug-likeness (QED) is 0.465. The first kappa shape index (κ1) is 20.3. The summed E-state index contributed by atoms with van der Waals surface area (Å²) in [7, 11) is 0. The molecular formula is C25H21ClN4O2. The van der Waals surface area contributed by atoms with E-state index < -0.39 is 6.04 Å². The Balaban J connectivity index is 1.47. The van der Waals surface area contributed by atoms with Gasteiger partial charge in [-0.05, 0) is 48.9 Å². The summed E-state index contributed by atoms with van der Waals surface area (Å²) in [4.78, 5) is 32.7. The summed E-state index contributed by atoms with van der Waals surface area (Å²) in [6.07, 6.45) is 0.0130. The van der Waals surface area contributed by atoms with Crippen LogP contribution in [-0.2, 0) is 16.1 Å². The van der Waals surface area contributed by atoms with E-state index in [1.807, 2.05) is 54.0 Å². The van der Waals surface area contributed by atoms with Crippen molar-refractivity contribution >= 4 is 46.1 Å². The molecule has 2 amide bonds. The molecule has 1 atom stereocenters. The molecule has 5 rings (SSSR count). The van der Waals surface area contributed by atoms with Gasteiger partial charge in [-0.15, -0.1) is 0 Å². The van der Waals surface area contributed by atoms with Crippen LogP contribution in [0.4, 0.5) is 11.6 Å². The fourth-order valence-corrected chi connectivity index (χ4v) is 4.29. The highest BCUT2D eigenvalue weighted by Crippen LogP contribution is 2.37. The molecule has 1 N–H and O–H groups in total. The highest BCUT2D eigenvalue weighted by molar-refractivity contribution is 6.30. The average Bonchev–Trinajstić information content (AvgIpc) is 3.26. The van der Waals surface area contributed by atoms with Gasteiger partial charge in [-0.25, -0.2) is 4.98 Å². The second-order valence-corrected chi connectivity index (χ2v) is 8.40. The van der Waals surface area contributed by atoms with Gasteiger partial charge in [0, 0.05) is 10.7 Å². The van der Waals surface area contributed by atoms with Crippen LogP contribution in [0.1, 0.15) is 23.6 Å². The lowest BCUT2D eigenvalue weighted by Crippen LogP contribution is -2.31. The molecule has 0 saturated heterocycles. The lowest BCUT2D eigenvalue weighted by atomic mass is 10.1. The minimum absolute atomic E-state index is 0.0130. The number of amides is 2. The number of para-hydroxylation sites is 2. The molecule has 6 nitrogen and oxygen atoms in total. The number of nitrogens with one attached hydrogen (secondary N) is 1. The molecule has 1 aliphatic rings. The second kappa shape index (κ2) is 8.13. The summed E-state index contributed by atoms with van der Waals surface area (Å²) < 4.78 is 1.88. The number of aromatic nitrogens is 2. The highest BCUT2D eigenvalue weighted by atomic mass is 35.5. The van der Waals surface area contributed by atoms with Crippen LogP contribution in [-0.4, -0.2) is 21.4 Å². The number of anilines is 2. The lowest BCUT2D eigenvalue weighted by molar-refractivity contribution is -0.124. The first-order valence-corrected chi connectivity index (χ1v) is 10.8. The van der Waals surface area contributed by atoms with Gasteiger partial charge < -0.3 is 5.32 Å². The number of hydrogen-bond acceptors (Lipinski definition) is 3. The summed E-state index contributed by atoms with van der Waals surface area (Å²) in [6.45, 7) is 2.42. The van der Waals surface area contributed by atoms with E-state index in [0.717, 1.165) is 22.2 Å². The van der Waals surface area contributed by atoms with Crippen LogP contribution in [0.5, 0.6) is 0 Å². The zero-order valence-corrected chi connectivity index (χ0v) is 18.2. The third kappa shape index (κ3) is 3.74. The van der Waals surface area contributed by atoms with Crippen molar-refractivity contribution < 1.29 is 9.59 Å². The molecule has 160 valence electrons. The Morgan fingerprint density at radius 3 is 2.62 bits per heavy atom. The Morgan fingerprint density at radius 2 is 1.84 bits per heavy atom. The standard InChI is InChI=1S/C25H21ClN4O2/c1-16-5-4-6-17(13-16)15-29-24(32)22(14-23(31)27-19-11-9-18(26)10-12-19)30-21-8-3-2-7-20(21)28-25(29)30/h2-13,22H,14-15H2,1H3,(H,27,31)/t22-/m0/s1. The van der Waals surface area contributed by atoms with Gasteiger partial charge in [0.2, 0.25) is 11.9 Å². The largest absolute Gasteiger partial charge is 0.326 e. The van der Waals surface area contributed by atoms with Gasteiger partial charge in [-0.2, -0.15) is 0 Å². The number of hydrogen-bond donors (Lipinski definition) is 1. The number of halogens is 1. The Morgan fingerprint density at radius 1 is 1.06 bits per heavy atom. The van der Waals surface area contributed by atoms with Crippen LogP contribution in [0, 0.1) is 6.92 Å². The lowest BCUT2D eigenvalue weighted by Gasteiger charge is -2.16. The van der Waals surface area contributed by atoms with Crippen molar-refractivity contribution in [3.8, 4) is 0 Å². The number of imidazole rings is 1. The highest BCUT2D eigenvalue weighted by Gasteiger charge is 2.40. The first-order valence-electron chi connectivity index (χ1n) is 10.4. The zero-order valence-electron chi connectivity index (χ0n) is 17.5. The summed E-state index contributed by atoms with van der Waals surface area (Å²) in [6, 6.07) is 22.0. The van der Waals surface area contributed by atoms with Crippen molar-refractivity contribution in [2.75, 3.05) is 10.2 Å². The van der Waals surface area contributed by atoms with Crippen LogP contribution >= 0.6 is 11.6 Å². The predicted octanol–water partition coefficient (Wildman–Crippen LogP) is 5.11. The first-order chi connectivity index (χ1) is 15.5. The van der Waals surface area contributed by atoms with Gasteiger partial charge in [0.15, 0.2) is 0 Å². The average molecular weight is 445 g/mol. The van der Waals surface area contributed by atoms with E-state index in [-0.39, 0.29) is 18.2 Å². The van der Waals surface area contributed by atoms with Gasteiger partial charge >= 0.3 is 0 Å². The Kier molecular flexibility index (Phi) is 5.15. The molecule has 0 radical (unpaired) electrons. The molecule has 2 heterocycles. The fraction of sp³-hybridized carbons (Fsp3) is 0.160. The van der Waals surface area contributed by atoms with E-state index in [9.17, 15) is 9.59 Å². The monoisotopic (exact) mass is 444 g/mol. The van der Waals surface area contributed by atoms with Crippen molar-refractivity contribution in [3.63, 3.8) is 0 Å². The van der Waals surface area contributed by atoms with E-state index in [4.69, 9.17) is 16.6 Å². The van der Waals surface area contributed by atoms with E-state index in [1.54, 1.807) is 29.2 Å². The number of carbonyl (C=O) groups excluding carboxylic acids is 2.